The predicted molar refractivity (Wildman–Crippen MR) is 118 cm³/mol. The summed E-state index contributed by atoms with van der Waals surface area (Å²) in [6.07, 6.45) is 2.65. The van der Waals surface area contributed by atoms with E-state index in [1.807, 2.05) is 37.3 Å². The van der Waals surface area contributed by atoms with Crippen LogP contribution in [0.15, 0.2) is 72.4 Å². The highest BCUT2D eigenvalue weighted by molar-refractivity contribution is 5.97. The first-order chi connectivity index (χ1) is 15.0. The van der Waals surface area contributed by atoms with Crippen LogP contribution in [0.4, 0.5) is 0 Å². The fraction of sp³-hybridized carbons (Fsp3) is 0.217. The number of rotatable bonds is 11. The molecule has 0 aliphatic rings. The molecule has 2 rings (SSSR count). The third kappa shape index (κ3) is 8.95. The van der Waals surface area contributed by atoms with Gasteiger partial charge in [0.25, 0.3) is 5.91 Å². The minimum absolute atomic E-state index is 0.103. The summed E-state index contributed by atoms with van der Waals surface area (Å²) in [5.74, 6) is -0.616. The number of hydrogen-bond donors (Lipinski definition) is 3. The first-order valence-corrected chi connectivity index (χ1v) is 9.74. The first kappa shape index (κ1) is 23.3. The Morgan fingerprint density at radius 3 is 2.42 bits per heavy atom. The Bertz CT molecular complexity index is 911. The predicted octanol–water partition coefficient (Wildman–Crippen LogP) is 2.09. The lowest BCUT2D eigenvalue weighted by atomic mass is 10.1. The number of carbonyl (C=O) groups is 3. The van der Waals surface area contributed by atoms with Crippen molar-refractivity contribution in [3.8, 4) is 5.75 Å². The lowest BCUT2D eigenvalue weighted by Gasteiger charge is -2.14. The average molecular weight is 422 g/mol. The van der Waals surface area contributed by atoms with Crippen LogP contribution in [0.2, 0.25) is 0 Å². The van der Waals surface area contributed by atoms with Gasteiger partial charge in [-0.05, 0) is 42.3 Å². The van der Waals surface area contributed by atoms with E-state index in [1.165, 1.54) is 12.3 Å². The van der Waals surface area contributed by atoms with E-state index >= 15 is 0 Å². The minimum atomic E-state index is -0.520. The standard InChI is InChI=1S/C23H26N4O4/c1-3-13-24-21(28)14-22(29)27-25-15-18-9-11-20(12-10-18)31-16-23(30)26-17(2)19-7-5-4-6-8-19/h3-12,15,17H,1,13-14,16H2,2H3,(H,24,28)(H,26,30)(H,27,29)/b25-15+/t17-/m1/s1. The molecule has 1 atom stereocenters. The highest BCUT2D eigenvalue weighted by Gasteiger charge is 2.10. The van der Waals surface area contributed by atoms with E-state index in [0.29, 0.717) is 17.9 Å². The lowest BCUT2D eigenvalue weighted by molar-refractivity contribution is -0.129. The third-order valence-corrected chi connectivity index (χ3v) is 4.09. The number of amides is 3. The smallest absolute Gasteiger partial charge is 0.258 e. The van der Waals surface area contributed by atoms with Crippen molar-refractivity contribution in [3.05, 3.63) is 78.4 Å². The zero-order valence-corrected chi connectivity index (χ0v) is 17.3. The van der Waals surface area contributed by atoms with Crippen molar-refractivity contribution in [1.82, 2.24) is 16.1 Å². The van der Waals surface area contributed by atoms with Gasteiger partial charge in [0.15, 0.2) is 6.61 Å². The lowest BCUT2D eigenvalue weighted by Crippen LogP contribution is -2.31. The van der Waals surface area contributed by atoms with Crippen molar-refractivity contribution in [2.24, 2.45) is 5.10 Å². The second kappa shape index (κ2) is 12.6. The number of hydrazone groups is 1. The van der Waals surface area contributed by atoms with Gasteiger partial charge in [0.2, 0.25) is 11.8 Å². The molecule has 0 unspecified atom stereocenters. The summed E-state index contributed by atoms with van der Waals surface area (Å²) < 4.78 is 5.50. The van der Waals surface area contributed by atoms with Gasteiger partial charge >= 0.3 is 0 Å². The number of hydrogen-bond acceptors (Lipinski definition) is 5. The van der Waals surface area contributed by atoms with Crippen LogP contribution in [0.3, 0.4) is 0 Å². The maximum absolute atomic E-state index is 12.1. The largest absolute Gasteiger partial charge is 0.484 e. The molecule has 0 spiro atoms. The van der Waals surface area contributed by atoms with Gasteiger partial charge in [-0.1, -0.05) is 36.4 Å². The molecule has 8 heteroatoms. The zero-order chi connectivity index (χ0) is 22.5. The Morgan fingerprint density at radius 1 is 1.03 bits per heavy atom. The van der Waals surface area contributed by atoms with Gasteiger partial charge in [-0.25, -0.2) is 5.43 Å². The molecule has 0 bridgehead atoms. The molecule has 0 aromatic heterocycles. The molecular weight excluding hydrogens is 396 g/mol. The Kier molecular flexibility index (Phi) is 9.48. The highest BCUT2D eigenvalue weighted by Crippen LogP contribution is 2.13. The summed E-state index contributed by atoms with van der Waals surface area (Å²) in [6, 6.07) is 16.4. The molecule has 0 saturated heterocycles. The molecule has 0 heterocycles. The van der Waals surface area contributed by atoms with E-state index in [2.05, 4.69) is 27.7 Å². The first-order valence-electron chi connectivity index (χ1n) is 9.74. The Morgan fingerprint density at radius 2 is 1.74 bits per heavy atom. The van der Waals surface area contributed by atoms with Crippen LogP contribution in [0.5, 0.6) is 5.75 Å². The van der Waals surface area contributed by atoms with Gasteiger partial charge in [-0.3, -0.25) is 14.4 Å². The number of nitrogens with zero attached hydrogens (tertiary/aromatic N) is 1. The molecule has 3 amide bonds. The molecule has 162 valence electrons. The van der Waals surface area contributed by atoms with Crippen LogP contribution < -0.4 is 20.8 Å². The monoisotopic (exact) mass is 422 g/mol. The molecule has 0 aliphatic heterocycles. The van der Waals surface area contributed by atoms with Gasteiger partial charge < -0.3 is 15.4 Å². The van der Waals surface area contributed by atoms with Crippen LogP contribution in [0, 0.1) is 0 Å². The van der Waals surface area contributed by atoms with Gasteiger partial charge in [0.05, 0.1) is 12.3 Å². The highest BCUT2D eigenvalue weighted by atomic mass is 16.5. The van der Waals surface area contributed by atoms with Crippen molar-refractivity contribution in [2.45, 2.75) is 19.4 Å². The van der Waals surface area contributed by atoms with Gasteiger partial charge in [-0.15, -0.1) is 6.58 Å². The van der Waals surface area contributed by atoms with Crippen molar-refractivity contribution < 1.29 is 19.1 Å². The number of carbonyl (C=O) groups excluding carboxylic acids is 3. The molecule has 0 fully saturated rings. The third-order valence-electron chi connectivity index (χ3n) is 4.09. The summed E-state index contributed by atoms with van der Waals surface area (Å²) >= 11 is 0. The quantitative estimate of drug-likeness (QED) is 0.223. The van der Waals surface area contributed by atoms with Crippen LogP contribution in [-0.2, 0) is 14.4 Å². The van der Waals surface area contributed by atoms with E-state index < -0.39 is 11.8 Å². The van der Waals surface area contributed by atoms with Crippen LogP contribution in [-0.4, -0.2) is 37.1 Å². The normalized spacial score (nSPS) is 11.4. The van der Waals surface area contributed by atoms with E-state index in [4.69, 9.17) is 4.74 Å². The Hall–Kier alpha value is -3.94. The molecule has 2 aromatic rings. The molecule has 8 nitrogen and oxygen atoms in total. The second-order valence-electron chi connectivity index (χ2n) is 6.62. The Balaban J connectivity index is 1.73. The topological polar surface area (TPSA) is 109 Å². The van der Waals surface area contributed by atoms with Crippen molar-refractivity contribution >= 4 is 23.9 Å². The summed E-state index contributed by atoms with van der Waals surface area (Å²) in [4.78, 5) is 35.1. The average Bonchev–Trinajstić information content (AvgIpc) is 2.77. The summed E-state index contributed by atoms with van der Waals surface area (Å²) in [5.41, 5.74) is 4.02. The van der Waals surface area contributed by atoms with E-state index in [9.17, 15) is 14.4 Å². The van der Waals surface area contributed by atoms with Gasteiger partial charge in [0, 0.05) is 6.54 Å². The molecule has 0 radical (unpaired) electrons. The SMILES string of the molecule is C=CCNC(=O)CC(=O)N/N=C/c1ccc(OCC(=O)N[C@H](C)c2ccccc2)cc1. The van der Waals surface area contributed by atoms with Crippen LogP contribution in [0.25, 0.3) is 0 Å². The van der Waals surface area contributed by atoms with Crippen LogP contribution >= 0.6 is 0 Å². The zero-order valence-electron chi connectivity index (χ0n) is 17.3. The molecule has 0 aliphatic carbocycles. The van der Waals surface area contributed by atoms with E-state index in [-0.39, 0.29) is 25.0 Å². The van der Waals surface area contributed by atoms with Crippen molar-refractivity contribution in [1.29, 1.82) is 0 Å². The summed E-state index contributed by atoms with van der Waals surface area (Å²) in [6.45, 7) is 5.59. The maximum atomic E-state index is 12.1. The molecule has 2 aromatic carbocycles. The number of nitrogens with one attached hydrogen (secondary N) is 3. The van der Waals surface area contributed by atoms with Crippen LogP contribution in [0.1, 0.15) is 30.5 Å². The summed E-state index contributed by atoms with van der Waals surface area (Å²) in [5, 5.41) is 9.20. The van der Waals surface area contributed by atoms with Gasteiger partial charge in [0.1, 0.15) is 12.2 Å². The molecule has 0 saturated carbocycles. The maximum Gasteiger partial charge on any atom is 0.258 e. The van der Waals surface area contributed by atoms with E-state index in [1.54, 1.807) is 24.3 Å². The minimum Gasteiger partial charge on any atom is -0.484 e. The van der Waals surface area contributed by atoms with Crippen molar-refractivity contribution in [2.75, 3.05) is 13.2 Å². The molecular formula is C23H26N4O4. The second-order valence-corrected chi connectivity index (χ2v) is 6.62. The molecule has 31 heavy (non-hydrogen) atoms. The fourth-order valence-corrected chi connectivity index (χ4v) is 2.52. The fourth-order valence-electron chi connectivity index (χ4n) is 2.52. The Labute approximate surface area is 181 Å². The van der Waals surface area contributed by atoms with Crippen molar-refractivity contribution in [3.63, 3.8) is 0 Å². The van der Waals surface area contributed by atoms with Gasteiger partial charge in [-0.2, -0.15) is 5.10 Å². The number of benzene rings is 2. The van der Waals surface area contributed by atoms with E-state index in [0.717, 1.165) is 5.56 Å². The summed E-state index contributed by atoms with van der Waals surface area (Å²) in [7, 11) is 0. The number of ether oxygens (including phenoxy) is 1. The molecule has 3 N–H and O–H groups in total.